The number of aromatic amines is 1. The maximum Gasteiger partial charge on any atom is 0.258 e. The number of fused-ring (bicyclic) bond motifs is 1. The van der Waals surface area contributed by atoms with E-state index in [2.05, 4.69) is 15.1 Å². The molecule has 134 valence electrons. The maximum atomic E-state index is 12.6. The molecule has 6 nitrogen and oxygen atoms in total. The van der Waals surface area contributed by atoms with Gasteiger partial charge in [-0.2, -0.15) is 4.98 Å². The van der Waals surface area contributed by atoms with Crippen molar-refractivity contribution in [2.45, 2.75) is 12.8 Å². The first kappa shape index (κ1) is 15.8. The Labute approximate surface area is 155 Å². The lowest BCUT2D eigenvalue weighted by molar-refractivity contribution is 0.0793. The first-order chi connectivity index (χ1) is 13.3. The third kappa shape index (κ3) is 2.89. The van der Waals surface area contributed by atoms with Crippen molar-refractivity contribution in [3.63, 3.8) is 0 Å². The van der Waals surface area contributed by atoms with E-state index < -0.39 is 0 Å². The van der Waals surface area contributed by atoms with Crippen molar-refractivity contribution in [3.8, 4) is 22.8 Å². The van der Waals surface area contributed by atoms with Gasteiger partial charge in [-0.25, -0.2) is 0 Å². The molecule has 0 atom stereocenters. The Morgan fingerprint density at radius 1 is 1.04 bits per heavy atom. The summed E-state index contributed by atoms with van der Waals surface area (Å²) in [6, 6.07) is 15.4. The zero-order chi connectivity index (χ0) is 18.2. The van der Waals surface area contributed by atoms with E-state index >= 15 is 0 Å². The average Bonchev–Trinajstić information content (AvgIpc) is 3.48. The van der Waals surface area contributed by atoms with E-state index in [1.807, 2.05) is 59.6 Å². The fraction of sp³-hybridized carbons (Fsp3) is 0.190. The number of aromatic nitrogens is 3. The summed E-state index contributed by atoms with van der Waals surface area (Å²) in [4.78, 5) is 22.2. The molecule has 0 radical (unpaired) electrons. The van der Waals surface area contributed by atoms with Gasteiger partial charge in [0.2, 0.25) is 5.82 Å². The maximum absolute atomic E-state index is 12.6. The van der Waals surface area contributed by atoms with Gasteiger partial charge in [0.25, 0.3) is 11.8 Å². The van der Waals surface area contributed by atoms with Gasteiger partial charge >= 0.3 is 0 Å². The van der Waals surface area contributed by atoms with Crippen LogP contribution in [-0.2, 0) is 0 Å². The van der Waals surface area contributed by atoms with Crippen molar-refractivity contribution in [2.75, 3.05) is 13.1 Å². The van der Waals surface area contributed by atoms with Gasteiger partial charge in [-0.1, -0.05) is 23.4 Å². The van der Waals surface area contributed by atoms with Crippen LogP contribution < -0.4 is 0 Å². The highest BCUT2D eigenvalue weighted by Gasteiger charge is 2.20. The smallest absolute Gasteiger partial charge is 0.258 e. The number of nitrogens with one attached hydrogen (secondary N) is 1. The van der Waals surface area contributed by atoms with E-state index in [9.17, 15) is 4.79 Å². The Hall–Kier alpha value is -3.41. The normalized spacial score (nSPS) is 14.1. The van der Waals surface area contributed by atoms with Gasteiger partial charge in [0, 0.05) is 41.5 Å². The number of amides is 1. The van der Waals surface area contributed by atoms with E-state index in [1.54, 1.807) is 0 Å². The van der Waals surface area contributed by atoms with Gasteiger partial charge in [-0.15, -0.1) is 0 Å². The third-order valence-corrected chi connectivity index (χ3v) is 4.99. The molecular formula is C21H18N4O2. The molecule has 1 fully saturated rings. The van der Waals surface area contributed by atoms with Crippen molar-refractivity contribution < 1.29 is 9.32 Å². The zero-order valence-electron chi connectivity index (χ0n) is 14.7. The molecular weight excluding hydrogens is 340 g/mol. The minimum absolute atomic E-state index is 0.0651. The van der Waals surface area contributed by atoms with Crippen LogP contribution in [0.1, 0.15) is 23.2 Å². The highest BCUT2D eigenvalue weighted by atomic mass is 16.5. The average molecular weight is 358 g/mol. The Bertz CT molecular complexity index is 1120. The molecule has 2 aromatic carbocycles. The van der Waals surface area contributed by atoms with Gasteiger partial charge in [-0.3, -0.25) is 4.79 Å². The van der Waals surface area contributed by atoms with Crippen molar-refractivity contribution in [1.29, 1.82) is 0 Å². The molecule has 1 amide bonds. The van der Waals surface area contributed by atoms with Crippen molar-refractivity contribution in [3.05, 3.63) is 60.3 Å². The van der Waals surface area contributed by atoms with Crippen LogP contribution in [-0.4, -0.2) is 39.0 Å². The number of benzene rings is 2. The van der Waals surface area contributed by atoms with Crippen molar-refractivity contribution >= 4 is 16.8 Å². The number of rotatable bonds is 3. The number of hydrogen-bond acceptors (Lipinski definition) is 4. The molecule has 27 heavy (non-hydrogen) atoms. The van der Waals surface area contributed by atoms with Gasteiger partial charge in [0.1, 0.15) is 0 Å². The summed E-state index contributed by atoms with van der Waals surface area (Å²) in [5.41, 5.74) is 3.31. The number of carbonyl (C=O) groups excluding carboxylic acids is 1. The predicted octanol–water partition coefficient (Wildman–Crippen LogP) is 4.12. The summed E-state index contributed by atoms with van der Waals surface area (Å²) in [6.07, 6.45) is 4.05. The minimum Gasteiger partial charge on any atom is -0.361 e. The Balaban J connectivity index is 1.45. The van der Waals surface area contributed by atoms with Crippen LogP contribution in [0.15, 0.2) is 59.3 Å². The summed E-state index contributed by atoms with van der Waals surface area (Å²) >= 11 is 0. The summed E-state index contributed by atoms with van der Waals surface area (Å²) < 4.78 is 5.46. The second kappa shape index (κ2) is 6.39. The van der Waals surface area contributed by atoms with Crippen molar-refractivity contribution in [1.82, 2.24) is 20.0 Å². The number of nitrogens with zero attached hydrogens (tertiary/aromatic N) is 3. The molecule has 0 bridgehead atoms. The van der Waals surface area contributed by atoms with Crippen LogP contribution in [0.5, 0.6) is 0 Å². The van der Waals surface area contributed by atoms with Gasteiger partial charge in [0.15, 0.2) is 0 Å². The quantitative estimate of drug-likeness (QED) is 0.598. The fourth-order valence-electron chi connectivity index (χ4n) is 3.53. The van der Waals surface area contributed by atoms with E-state index in [0.717, 1.165) is 48.0 Å². The summed E-state index contributed by atoms with van der Waals surface area (Å²) in [6.45, 7) is 1.66. The largest absolute Gasteiger partial charge is 0.361 e. The second-order valence-corrected chi connectivity index (χ2v) is 6.78. The lowest BCUT2D eigenvalue weighted by Crippen LogP contribution is -2.27. The van der Waals surface area contributed by atoms with E-state index in [-0.39, 0.29) is 5.91 Å². The molecule has 2 aromatic heterocycles. The molecule has 0 aliphatic carbocycles. The topological polar surface area (TPSA) is 75.0 Å². The van der Waals surface area contributed by atoms with Crippen LogP contribution in [0.3, 0.4) is 0 Å². The molecule has 1 N–H and O–H groups in total. The lowest BCUT2D eigenvalue weighted by Gasteiger charge is -2.15. The van der Waals surface area contributed by atoms with Gasteiger partial charge in [0.05, 0.1) is 0 Å². The number of likely N-dealkylation sites (tertiary alicyclic amines) is 1. The van der Waals surface area contributed by atoms with Crippen molar-refractivity contribution in [2.24, 2.45) is 0 Å². The SMILES string of the molecule is O=C(c1cccc(-c2noc(-c3ccc4cc[nH]c4c3)n2)c1)N1CCCC1. The molecule has 0 unspecified atom stereocenters. The zero-order valence-corrected chi connectivity index (χ0v) is 14.7. The van der Waals surface area contributed by atoms with Gasteiger partial charge in [-0.05, 0) is 48.6 Å². The van der Waals surface area contributed by atoms with Crippen LogP contribution in [0.4, 0.5) is 0 Å². The Morgan fingerprint density at radius 2 is 1.93 bits per heavy atom. The van der Waals surface area contributed by atoms with Gasteiger partial charge < -0.3 is 14.4 Å². The molecule has 4 aromatic rings. The fourth-order valence-corrected chi connectivity index (χ4v) is 3.53. The van der Waals surface area contributed by atoms with E-state index in [4.69, 9.17) is 4.52 Å². The third-order valence-electron chi connectivity index (χ3n) is 4.99. The first-order valence-electron chi connectivity index (χ1n) is 9.09. The van der Waals surface area contributed by atoms with Crippen LogP contribution >= 0.6 is 0 Å². The molecule has 5 rings (SSSR count). The summed E-state index contributed by atoms with van der Waals surface area (Å²) in [5.74, 6) is 1.00. The molecule has 0 saturated carbocycles. The molecule has 3 heterocycles. The number of hydrogen-bond donors (Lipinski definition) is 1. The molecule has 1 aliphatic heterocycles. The van der Waals surface area contributed by atoms with Crippen LogP contribution in [0, 0.1) is 0 Å². The molecule has 1 aliphatic rings. The second-order valence-electron chi connectivity index (χ2n) is 6.78. The van der Waals surface area contributed by atoms with Crippen LogP contribution in [0.2, 0.25) is 0 Å². The molecule has 0 spiro atoms. The highest BCUT2D eigenvalue weighted by Crippen LogP contribution is 2.26. The minimum atomic E-state index is 0.0651. The monoisotopic (exact) mass is 358 g/mol. The summed E-state index contributed by atoms with van der Waals surface area (Å²) in [7, 11) is 0. The number of H-pyrrole nitrogens is 1. The lowest BCUT2D eigenvalue weighted by atomic mass is 10.1. The molecule has 6 heteroatoms. The Kier molecular flexibility index (Phi) is 3.74. The van der Waals surface area contributed by atoms with E-state index in [0.29, 0.717) is 17.3 Å². The highest BCUT2D eigenvalue weighted by molar-refractivity contribution is 5.95. The van der Waals surface area contributed by atoms with E-state index in [1.165, 1.54) is 0 Å². The first-order valence-corrected chi connectivity index (χ1v) is 9.09. The van der Waals surface area contributed by atoms with Crippen LogP contribution in [0.25, 0.3) is 33.7 Å². The standard InChI is InChI=1S/C21H18N4O2/c26-21(25-10-1-2-11-25)17-5-3-4-15(12-17)19-23-20(27-24-19)16-7-6-14-8-9-22-18(14)13-16/h3-9,12-13,22H,1-2,10-11H2. The summed E-state index contributed by atoms with van der Waals surface area (Å²) in [5, 5.41) is 5.24. The number of carbonyl (C=O) groups is 1. The Morgan fingerprint density at radius 3 is 2.81 bits per heavy atom. The predicted molar refractivity (Wildman–Crippen MR) is 102 cm³/mol. The molecule has 1 saturated heterocycles.